The molecule has 0 aliphatic heterocycles. The molecule has 9 nitrogen and oxygen atoms in total. The number of rotatable bonds is 9. The van der Waals surface area contributed by atoms with E-state index in [1.165, 1.54) is 21.8 Å². The summed E-state index contributed by atoms with van der Waals surface area (Å²) in [6, 6.07) is 3.16. The third kappa shape index (κ3) is 5.83. The van der Waals surface area contributed by atoms with Gasteiger partial charge in [-0.05, 0) is 17.7 Å². The summed E-state index contributed by atoms with van der Waals surface area (Å²) in [5, 5.41) is 23.2. The minimum absolute atomic E-state index is 0.0496. The Balaban J connectivity index is 2.04. The van der Waals surface area contributed by atoms with Gasteiger partial charge in [-0.15, -0.1) is 0 Å². The van der Waals surface area contributed by atoms with Crippen LogP contribution in [0.1, 0.15) is 18.4 Å². The molecule has 0 unspecified atom stereocenters. The highest BCUT2D eigenvalue weighted by atomic mass is 19.2. The summed E-state index contributed by atoms with van der Waals surface area (Å²) in [4.78, 5) is 34.4. The lowest BCUT2D eigenvalue weighted by molar-refractivity contribution is -0.385. The summed E-state index contributed by atoms with van der Waals surface area (Å²) < 4.78 is 27.6. The van der Waals surface area contributed by atoms with E-state index in [-0.39, 0.29) is 38.2 Å². The molecule has 0 spiro atoms. The number of carbonyl (C=O) groups excluding carboxylic acids is 1. The van der Waals surface area contributed by atoms with Crippen LogP contribution in [0.15, 0.2) is 30.6 Å². The van der Waals surface area contributed by atoms with Crippen molar-refractivity contribution in [2.24, 2.45) is 0 Å². The summed E-state index contributed by atoms with van der Waals surface area (Å²) in [6.07, 6.45) is 1.81. The van der Waals surface area contributed by atoms with Crippen molar-refractivity contribution in [2.75, 3.05) is 6.54 Å². The molecule has 0 saturated heterocycles. The summed E-state index contributed by atoms with van der Waals surface area (Å²) in [7, 11) is 0. The van der Waals surface area contributed by atoms with Gasteiger partial charge in [0.25, 0.3) is 0 Å². The Morgan fingerprint density at radius 3 is 2.59 bits per heavy atom. The molecule has 0 bridgehead atoms. The minimum atomic E-state index is -1.11. The molecule has 2 rings (SSSR count). The number of aromatic nitrogens is 2. The van der Waals surface area contributed by atoms with E-state index in [4.69, 9.17) is 5.11 Å². The zero-order valence-corrected chi connectivity index (χ0v) is 14.0. The molecule has 0 atom stereocenters. The second-order valence-corrected chi connectivity index (χ2v) is 5.68. The minimum Gasteiger partial charge on any atom is -0.481 e. The second-order valence-electron chi connectivity index (χ2n) is 5.68. The number of hydrogen-bond donors (Lipinski definition) is 1. The summed E-state index contributed by atoms with van der Waals surface area (Å²) in [6.45, 7) is -0.164. The molecule has 1 amide bonds. The molecule has 0 radical (unpaired) electrons. The van der Waals surface area contributed by atoms with Gasteiger partial charge < -0.3 is 10.0 Å². The number of benzene rings is 1. The van der Waals surface area contributed by atoms with Crippen molar-refractivity contribution in [3.8, 4) is 0 Å². The van der Waals surface area contributed by atoms with Gasteiger partial charge >= 0.3 is 11.7 Å². The van der Waals surface area contributed by atoms with E-state index >= 15 is 0 Å². The number of carbonyl (C=O) groups is 2. The fourth-order valence-corrected chi connectivity index (χ4v) is 2.32. The maximum absolute atomic E-state index is 13.3. The van der Waals surface area contributed by atoms with Crippen molar-refractivity contribution in [1.29, 1.82) is 0 Å². The fourth-order valence-electron chi connectivity index (χ4n) is 2.32. The molecule has 0 aliphatic carbocycles. The first-order chi connectivity index (χ1) is 12.8. The van der Waals surface area contributed by atoms with E-state index in [1.54, 1.807) is 0 Å². The lowest BCUT2D eigenvalue weighted by Crippen LogP contribution is -2.33. The zero-order valence-electron chi connectivity index (χ0n) is 14.0. The number of nitro groups is 1. The standard InChI is InChI=1S/C16H16F2N4O5/c17-13-2-1-11(7-14(13)18)9-20(5-4-16(24)25)15(23)3-6-21-10-12(8-19-21)22(26)27/h1-2,7-8,10H,3-6,9H2,(H,24,25). The maximum atomic E-state index is 13.3. The number of halogens is 2. The van der Waals surface area contributed by atoms with E-state index in [0.717, 1.165) is 18.3 Å². The van der Waals surface area contributed by atoms with E-state index in [2.05, 4.69) is 5.10 Å². The first-order valence-corrected chi connectivity index (χ1v) is 7.86. The Morgan fingerprint density at radius 1 is 1.26 bits per heavy atom. The number of aryl methyl sites for hydroxylation is 1. The number of nitrogens with zero attached hydrogens (tertiary/aromatic N) is 4. The van der Waals surface area contributed by atoms with Gasteiger partial charge in [-0.2, -0.15) is 5.10 Å². The van der Waals surface area contributed by atoms with Gasteiger partial charge in [0.2, 0.25) is 5.91 Å². The van der Waals surface area contributed by atoms with Gasteiger partial charge in [0, 0.05) is 26.1 Å². The van der Waals surface area contributed by atoms with Crippen molar-refractivity contribution in [3.05, 3.63) is 57.9 Å². The van der Waals surface area contributed by atoms with Crippen molar-refractivity contribution in [1.82, 2.24) is 14.7 Å². The van der Waals surface area contributed by atoms with Crippen LogP contribution in [0.5, 0.6) is 0 Å². The second kappa shape index (κ2) is 8.83. The zero-order chi connectivity index (χ0) is 20.0. The molecular weight excluding hydrogens is 366 g/mol. The number of carboxylic acid groups (broad SMARTS) is 1. The smallest absolute Gasteiger partial charge is 0.306 e. The number of aliphatic carboxylic acids is 1. The molecule has 1 aromatic heterocycles. The lowest BCUT2D eigenvalue weighted by atomic mass is 10.2. The summed E-state index contributed by atoms with van der Waals surface area (Å²) >= 11 is 0. The molecule has 11 heteroatoms. The molecule has 0 saturated carbocycles. The summed E-state index contributed by atoms with van der Waals surface area (Å²) in [5.74, 6) is -3.65. The lowest BCUT2D eigenvalue weighted by Gasteiger charge is -2.22. The number of amides is 1. The van der Waals surface area contributed by atoms with Crippen LogP contribution >= 0.6 is 0 Å². The van der Waals surface area contributed by atoms with Gasteiger partial charge in [-0.1, -0.05) is 6.07 Å². The Kier molecular flexibility index (Phi) is 6.52. The molecule has 2 aromatic rings. The SMILES string of the molecule is O=C(O)CCN(Cc1ccc(F)c(F)c1)C(=O)CCn1cc([N+](=O)[O-])cn1. The van der Waals surface area contributed by atoms with Gasteiger partial charge in [0.05, 0.1) is 11.3 Å². The van der Waals surface area contributed by atoms with Gasteiger partial charge in [-0.25, -0.2) is 8.78 Å². The Hall–Kier alpha value is -3.37. The molecule has 1 aromatic carbocycles. The van der Waals surface area contributed by atoms with Crippen LogP contribution in [0.2, 0.25) is 0 Å². The molecule has 144 valence electrons. The fraction of sp³-hybridized carbons (Fsp3) is 0.312. The maximum Gasteiger partial charge on any atom is 0.306 e. The van der Waals surface area contributed by atoms with Crippen molar-refractivity contribution < 1.29 is 28.4 Å². The van der Waals surface area contributed by atoms with E-state index in [1.807, 2.05) is 0 Å². The monoisotopic (exact) mass is 382 g/mol. The van der Waals surface area contributed by atoms with Crippen LogP contribution in [0.4, 0.5) is 14.5 Å². The Morgan fingerprint density at radius 2 is 2.00 bits per heavy atom. The highest BCUT2D eigenvalue weighted by Crippen LogP contribution is 2.13. The van der Waals surface area contributed by atoms with Crippen LogP contribution < -0.4 is 0 Å². The van der Waals surface area contributed by atoms with Crippen molar-refractivity contribution in [3.63, 3.8) is 0 Å². The average Bonchev–Trinajstić information content (AvgIpc) is 3.08. The first kappa shape index (κ1) is 19.9. The van der Waals surface area contributed by atoms with Crippen LogP contribution in [0, 0.1) is 21.7 Å². The Labute approximate surface area is 152 Å². The summed E-state index contributed by atoms with van der Waals surface area (Å²) in [5.41, 5.74) is 0.0920. The third-order valence-electron chi connectivity index (χ3n) is 3.69. The third-order valence-corrected chi connectivity index (χ3v) is 3.69. The van der Waals surface area contributed by atoms with E-state index in [0.29, 0.717) is 5.56 Å². The topological polar surface area (TPSA) is 119 Å². The predicted molar refractivity (Wildman–Crippen MR) is 87.5 cm³/mol. The van der Waals surface area contributed by atoms with Crippen molar-refractivity contribution >= 4 is 17.6 Å². The normalized spacial score (nSPS) is 10.6. The molecule has 0 aliphatic rings. The molecule has 1 N–H and O–H groups in total. The van der Waals surface area contributed by atoms with Gasteiger partial charge in [0.1, 0.15) is 12.4 Å². The quantitative estimate of drug-likeness (QED) is 0.523. The van der Waals surface area contributed by atoms with E-state index < -0.39 is 28.4 Å². The highest BCUT2D eigenvalue weighted by molar-refractivity contribution is 5.77. The van der Waals surface area contributed by atoms with Gasteiger partial charge in [-0.3, -0.25) is 24.4 Å². The molecular formula is C16H16F2N4O5. The molecule has 0 fully saturated rings. The van der Waals surface area contributed by atoms with E-state index in [9.17, 15) is 28.5 Å². The number of hydrogen-bond acceptors (Lipinski definition) is 5. The Bertz CT molecular complexity index is 855. The van der Waals surface area contributed by atoms with Crippen LogP contribution in [-0.2, 0) is 22.7 Å². The largest absolute Gasteiger partial charge is 0.481 e. The predicted octanol–water partition coefficient (Wildman–Crippen LogP) is 1.96. The molecule has 27 heavy (non-hydrogen) atoms. The van der Waals surface area contributed by atoms with Crippen LogP contribution in [-0.4, -0.2) is 43.1 Å². The van der Waals surface area contributed by atoms with Gasteiger partial charge in [0.15, 0.2) is 11.6 Å². The first-order valence-electron chi connectivity index (χ1n) is 7.86. The number of carboxylic acids is 1. The molecule has 1 heterocycles. The average molecular weight is 382 g/mol. The van der Waals surface area contributed by atoms with Crippen LogP contribution in [0.3, 0.4) is 0 Å². The highest BCUT2D eigenvalue weighted by Gasteiger charge is 2.17. The van der Waals surface area contributed by atoms with Crippen molar-refractivity contribution in [2.45, 2.75) is 25.9 Å². The van der Waals surface area contributed by atoms with Crippen LogP contribution in [0.25, 0.3) is 0 Å².